The third kappa shape index (κ3) is 2.14. The maximum atomic E-state index is 10.6. The highest BCUT2D eigenvalue weighted by atomic mass is 16.4. The molecule has 1 rings (SSSR count). The van der Waals surface area contributed by atoms with E-state index in [1.54, 1.807) is 11.9 Å². The Bertz CT molecular complexity index is 314. The monoisotopic (exact) mass is 181 g/mol. The minimum atomic E-state index is -1.03. The zero-order valence-electron chi connectivity index (χ0n) is 7.56. The van der Waals surface area contributed by atoms with Gasteiger partial charge in [-0.25, -0.2) is 14.8 Å². The van der Waals surface area contributed by atoms with Gasteiger partial charge >= 0.3 is 5.97 Å². The number of carboxylic acids is 1. The summed E-state index contributed by atoms with van der Waals surface area (Å²) >= 11 is 0. The summed E-state index contributed by atoms with van der Waals surface area (Å²) in [6.07, 6.45) is 1.44. The van der Waals surface area contributed by atoms with Crippen LogP contribution in [0.3, 0.4) is 0 Å². The van der Waals surface area contributed by atoms with E-state index in [-0.39, 0.29) is 5.69 Å². The molecule has 1 N–H and O–H groups in total. The minimum Gasteiger partial charge on any atom is -0.477 e. The third-order valence-corrected chi connectivity index (χ3v) is 1.68. The topological polar surface area (TPSA) is 66.3 Å². The fourth-order valence-electron chi connectivity index (χ4n) is 0.793. The van der Waals surface area contributed by atoms with E-state index >= 15 is 0 Å². The second kappa shape index (κ2) is 3.84. The Hall–Kier alpha value is -1.65. The van der Waals surface area contributed by atoms with Crippen molar-refractivity contribution in [1.29, 1.82) is 0 Å². The molecule has 0 saturated carbocycles. The minimum absolute atomic E-state index is 0.0188. The second-order valence-electron chi connectivity index (χ2n) is 2.56. The molecule has 0 atom stereocenters. The Kier molecular flexibility index (Phi) is 2.79. The number of carboxylic acid groups (broad SMARTS) is 1. The van der Waals surface area contributed by atoms with Crippen molar-refractivity contribution in [3.63, 3.8) is 0 Å². The van der Waals surface area contributed by atoms with Crippen molar-refractivity contribution in [1.82, 2.24) is 9.97 Å². The van der Waals surface area contributed by atoms with Crippen molar-refractivity contribution < 1.29 is 9.90 Å². The third-order valence-electron chi connectivity index (χ3n) is 1.68. The lowest BCUT2D eigenvalue weighted by atomic mass is 10.4. The van der Waals surface area contributed by atoms with Gasteiger partial charge in [-0.3, -0.25) is 0 Å². The van der Waals surface area contributed by atoms with Gasteiger partial charge in [0.05, 0.1) is 0 Å². The van der Waals surface area contributed by atoms with Crippen LogP contribution >= 0.6 is 0 Å². The zero-order chi connectivity index (χ0) is 9.84. The molecule has 1 aromatic rings. The van der Waals surface area contributed by atoms with Gasteiger partial charge in [0.2, 0.25) is 5.95 Å². The maximum Gasteiger partial charge on any atom is 0.354 e. The molecule has 0 aliphatic rings. The number of aromatic nitrogens is 2. The summed E-state index contributed by atoms with van der Waals surface area (Å²) < 4.78 is 0. The average Bonchev–Trinajstić information content (AvgIpc) is 2.17. The molecule has 0 unspecified atom stereocenters. The first-order chi connectivity index (χ1) is 6.15. The molecular weight excluding hydrogens is 170 g/mol. The van der Waals surface area contributed by atoms with E-state index in [4.69, 9.17) is 5.11 Å². The van der Waals surface area contributed by atoms with Gasteiger partial charge in [-0.15, -0.1) is 0 Å². The molecule has 0 fully saturated rings. The van der Waals surface area contributed by atoms with Crippen LogP contribution in [0.5, 0.6) is 0 Å². The van der Waals surface area contributed by atoms with Crippen molar-refractivity contribution in [3.05, 3.63) is 18.0 Å². The lowest BCUT2D eigenvalue weighted by molar-refractivity contribution is 0.0690. The molecule has 0 saturated heterocycles. The van der Waals surface area contributed by atoms with Gasteiger partial charge < -0.3 is 10.0 Å². The van der Waals surface area contributed by atoms with Crippen LogP contribution < -0.4 is 4.90 Å². The van der Waals surface area contributed by atoms with Crippen LogP contribution in [0.25, 0.3) is 0 Å². The first-order valence-corrected chi connectivity index (χ1v) is 3.92. The van der Waals surface area contributed by atoms with Gasteiger partial charge in [-0.1, -0.05) is 0 Å². The molecule has 5 nitrogen and oxygen atoms in total. The quantitative estimate of drug-likeness (QED) is 0.740. The molecule has 0 bridgehead atoms. The molecule has 0 aliphatic heterocycles. The first kappa shape index (κ1) is 9.44. The lowest BCUT2D eigenvalue weighted by Crippen LogP contribution is -2.19. The van der Waals surface area contributed by atoms with Crippen LogP contribution in [0.15, 0.2) is 12.3 Å². The van der Waals surface area contributed by atoms with Crippen molar-refractivity contribution in [2.75, 3.05) is 18.5 Å². The van der Waals surface area contributed by atoms with Gasteiger partial charge in [0.25, 0.3) is 0 Å². The summed E-state index contributed by atoms with van der Waals surface area (Å²) in [4.78, 5) is 20.1. The maximum absolute atomic E-state index is 10.6. The average molecular weight is 181 g/mol. The molecule has 0 spiro atoms. The molecule has 1 heterocycles. The molecule has 70 valence electrons. The highest BCUT2D eigenvalue weighted by Gasteiger charge is 2.07. The summed E-state index contributed by atoms with van der Waals surface area (Å²) in [6.45, 7) is 2.68. The Labute approximate surface area is 76.0 Å². The normalized spacial score (nSPS) is 9.69. The number of carbonyl (C=O) groups is 1. The van der Waals surface area contributed by atoms with Gasteiger partial charge in [0.1, 0.15) is 0 Å². The number of rotatable bonds is 3. The largest absolute Gasteiger partial charge is 0.477 e. The van der Waals surface area contributed by atoms with Crippen LogP contribution in [0.1, 0.15) is 17.4 Å². The predicted octanol–water partition coefficient (Wildman–Crippen LogP) is 0.631. The molecule has 1 aromatic heterocycles. The highest BCUT2D eigenvalue weighted by molar-refractivity contribution is 5.85. The van der Waals surface area contributed by atoms with Crippen LogP contribution in [0, 0.1) is 0 Å². The van der Waals surface area contributed by atoms with E-state index in [1.165, 1.54) is 12.3 Å². The van der Waals surface area contributed by atoms with E-state index < -0.39 is 5.97 Å². The van der Waals surface area contributed by atoms with Crippen LogP contribution in [-0.2, 0) is 0 Å². The molecule has 5 heteroatoms. The van der Waals surface area contributed by atoms with E-state index in [2.05, 4.69) is 9.97 Å². The summed E-state index contributed by atoms with van der Waals surface area (Å²) in [7, 11) is 1.81. The summed E-state index contributed by atoms with van der Waals surface area (Å²) in [5.74, 6) is -0.601. The van der Waals surface area contributed by atoms with E-state index in [9.17, 15) is 4.79 Å². The number of anilines is 1. The van der Waals surface area contributed by atoms with E-state index in [0.717, 1.165) is 6.54 Å². The SMILES string of the molecule is CCN(C)c1nccc(C(=O)O)n1. The first-order valence-electron chi connectivity index (χ1n) is 3.92. The van der Waals surface area contributed by atoms with Crippen molar-refractivity contribution in [2.45, 2.75) is 6.92 Å². The number of hydrogen-bond donors (Lipinski definition) is 1. The Morgan fingerprint density at radius 1 is 1.69 bits per heavy atom. The van der Waals surface area contributed by atoms with E-state index in [1.807, 2.05) is 6.92 Å². The predicted molar refractivity (Wildman–Crippen MR) is 47.9 cm³/mol. The Morgan fingerprint density at radius 3 is 2.92 bits per heavy atom. The fourth-order valence-corrected chi connectivity index (χ4v) is 0.793. The Morgan fingerprint density at radius 2 is 2.38 bits per heavy atom. The summed E-state index contributed by atoms with van der Waals surface area (Å²) in [6, 6.07) is 1.37. The number of hydrogen-bond acceptors (Lipinski definition) is 4. The number of nitrogens with zero attached hydrogens (tertiary/aromatic N) is 3. The van der Waals surface area contributed by atoms with Crippen molar-refractivity contribution in [3.8, 4) is 0 Å². The Balaban J connectivity index is 2.98. The van der Waals surface area contributed by atoms with E-state index in [0.29, 0.717) is 5.95 Å². The van der Waals surface area contributed by atoms with Crippen LogP contribution in [0.4, 0.5) is 5.95 Å². The molecule has 0 radical (unpaired) electrons. The van der Waals surface area contributed by atoms with Crippen LogP contribution in [-0.4, -0.2) is 34.6 Å². The smallest absolute Gasteiger partial charge is 0.354 e. The van der Waals surface area contributed by atoms with Crippen molar-refractivity contribution >= 4 is 11.9 Å². The molecule has 0 aromatic carbocycles. The molecule has 0 aliphatic carbocycles. The lowest BCUT2D eigenvalue weighted by Gasteiger charge is -2.13. The standard InChI is InChI=1S/C8H11N3O2/c1-3-11(2)8-9-5-4-6(10-8)7(12)13/h4-5H,3H2,1-2H3,(H,12,13). The summed E-state index contributed by atoms with van der Waals surface area (Å²) in [5, 5.41) is 8.65. The second-order valence-corrected chi connectivity index (χ2v) is 2.56. The molecule has 13 heavy (non-hydrogen) atoms. The molecular formula is C8H11N3O2. The van der Waals surface area contributed by atoms with Gasteiger partial charge in [-0.2, -0.15) is 0 Å². The summed E-state index contributed by atoms with van der Waals surface area (Å²) in [5.41, 5.74) is 0.0188. The van der Waals surface area contributed by atoms with Gasteiger partial charge in [0.15, 0.2) is 5.69 Å². The van der Waals surface area contributed by atoms with Crippen LogP contribution in [0.2, 0.25) is 0 Å². The highest BCUT2D eigenvalue weighted by Crippen LogP contribution is 2.04. The van der Waals surface area contributed by atoms with Gasteiger partial charge in [0, 0.05) is 19.8 Å². The van der Waals surface area contributed by atoms with Gasteiger partial charge in [-0.05, 0) is 13.0 Å². The number of aromatic carboxylic acids is 1. The zero-order valence-corrected chi connectivity index (χ0v) is 7.56. The fraction of sp³-hybridized carbons (Fsp3) is 0.375. The molecule has 0 amide bonds. The van der Waals surface area contributed by atoms with Crippen molar-refractivity contribution in [2.24, 2.45) is 0 Å².